The average molecular weight is 388 g/mol. The Labute approximate surface area is 160 Å². The molecule has 0 amide bonds. The van der Waals surface area contributed by atoms with Gasteiger partial charge in [-0.15, -0.1) is 0 Å². The average Bonchev–Trinajstić information content (AvgIpc) is 2.73. The van der Waals surface area contributed by atoms with E-state index in [-0.39, 0.29) is 4.90 Å². The van der Waals surface area contributed by atoms with Gasteiger partial charge in [-0.2, -0.15) is 4.31 Å². The first-order valence-corrected chi connectivity index (χ1v) is 10.9. The molecule has 6 nitrogen and oxygen atoms in total. The molecule has 27 heavy (non-hydrogen) atoms. The molecule has 1 aliphatic carbocycles. The van der Waals surface area contributed by atoms with Crippen molar-refractivity contribution >= 4 is 15.8 Å². The van der Waals surface area contributed by atoms with Crippen molar-refractivity contribution in [2.75, 3.05) is 38.2 Å². The summed E-state index contributed by atoms with van der Waals surface area (Å²) in [5.41, 5.74) is 2.86. The Kier molecular flexibility index (Phi) is 5.43. The Balaban J connectivity index is 1.42. The van der Waals surface area contributed by atoms with E-state index in [0.29, 0.717) is 38.0 Å². The van der Waals surface area contributed by atoms with Gasteiger partial charge in [0.25, 0.3) is 0 Å². The number of nitrogens with zero attached hydrogens (tertiary/aromatic N) is 2. The number of hydrogen-bond acceptors (Lipinski definition) is 5. The summed E-state index contributed by atoms with van der Waals surface area (Å²) in [6, 6.07) is 12.0. The molecule has 0 bridgehead atoms. The van der Waals surface area contributed by atoms with Gasteiger partial charge < -0.3 is 10.1 Å². The fourth-order valence-electron chi connectivity index (χ4n) is 3.87. The lowest BCUT2D eigenvalue weighted by Crippen LogP contribution is -2.40. The molecule has 4 rings (SSSR count). The lowest BCUT2D eigenvalue weighted by atomic mass is 9.83. The van der Waals surface area contributed by atoms with Gasteiger partial charge in [0.2, 0.25) is 10.0 Å². The Morgan fingerprint density at radius 2 is 1.96 bits per heavy atom. The molecule has 2 aromatic rings. The summed E-state index contributed by atoms with van der Waals surface area (Å²) in [4.78, 5) is 4.57. The second-order valence-corrected chi connectivity index (χ2v) is 9.00. The van der Waals surface area contributed by atoms with Crippen LogP contribution in [0.15, 0.2) is 47.5 Å². The van der Waals surface area contributed by atoms with Gasteiger partial charge in [-0.25, -0.2) is 13.4 Å². The standard InChI is InChI=1S/C20H25N3O3S/c24-27(25,23-10-12-26-13-11-23)18-8-9-20(22-15-18)21-14-17-6-3-5-16-4-1-2-7-19(16)17/h1-2,4,7-9,15,17H,3,5-6,10-14H2,(H,21,22). The molecule has 1 saturated heterocycles. The number of nitrogens with one attached hydrogen (secondary N) is 1. The molecule has 1 aromatic carbocycles. The minimum atomic E-state index is -3.49. The van der Waals surface area contributed by atoms with Crippen LogP contribution in [0.2, 0.25) is 0 Å². The molecular weight excluding hydrogens is 362 g/mol. The maximum absolute atomic E-state index is 12.7. The third-order valence-corrected chi connectivity index (χ3v) is 7.25. The molecule has 0 saturated carbocycles. The second-order valence-electron chi connectivity index (χ2n) is 7.06. The van der Waals surface area contributed by atoms with Crippen LogP contribution in [0.25, 0.3) is 0 Å². The number of benzene rings is 1. The number of morpholine rings is 1. The lowest BCUT2D eigenvalue weighted by molar-refractivity contribution is 0.0730. The van der Waals surface area contributed by atoms with E-state index < -0.39 is 10.0 Å². The molecule has 7 heteroatoms. The van der Waals surface area contributed by atoms with Crippen molar-refractivity contribution in [2.24, 2.45) is 0 Å². The summed E-state index contributed by atoms with van der Waals surface area (Å²) in [5, 5.41) is 3.37. The SMILES string of the molecule is O=S(=O)(c1ccc(NCC2CCCc3ccccc32)nc1)N1CCOCC1. The van der Waals surface area contributed by atoms with Gasteiger partial charge >= 0.3 is 0 Å². The fraction of sp³-hybridized carbons (Fsp3) is 0.450. The van der Waals surface area contributed by atoms with Crippen LogP contribution in [0, 0.1) is 0 Å². The van der Waals surface area contributed by atoms with E-state index in [1.807, 2.05) is 0 Å². The number of rotatable bonds is 5. The number of ether oxygens (including phenoxy) is 1. The van der Waals surface area contributed by atoms with E-state index in [1.165, 1.54) is 28.0 Å². The number of pyridine rings is 1. The van der Waals surface area contributed by atoms with E-state index in [9.17, 15) is 8.42 Å². The molecule has 1 unspecified atom stereocenters. The zero-order chi connectivity index (χ0) is 18.7. The number of aromatic nitrogens is 1. The highest BCUT2D eigenvalue weighted by atomic mass is 32.2. The van der Waals surface area contributed by atoms with Crippen LogP contribution in [-0.2, 0) is 21.2 Å². The monoisotopic (exact) mass is 387 g/mol. The molecule has 1 N–H and O–H groups in total. The van der Waals surface area contributed by atoms with Gasteiger partial charge in [0.15, 0.2) is 0 Å². The van der Waals surface area contributed by atoms with Gasteiger partial charge in [-0.3, -0.25) is 0 Å². The maximum Gasteiger partial charge on any atom is 0.244 e. The molecular formula is C20H25N3O3S. The van der Waals surface area contributed by atoms with Crippen LogP contribution >= 0.6 is 0 Å². The van der Waals surface area contributed by atoms with Crippen molar-refractivity contribution in [3.63, 3.8) is 0 Å². The number of sulfonamides is 1. The predicted molar refractivity (Wildman–Crippen MR) is 104 cm³/mol. The van der Waals surface area contributed by atoms with Crippen LogP contribution in [0.1, 0.15) is 29.9 Å². The van der Waals surface area contributed by atoms with Gasteiger partial charge in [-0.1, -0.05) is 24.3 Å². The topological polar surface area (TPSA) is 71.5 Å². The highest BCUT2D eigenvalue weighted by Gasteiger charge is 2.26. The van der Waals surface area contributed by atoms with Crippen molar-refractivity contribution in [1.29, 1.82) is 0 Å². The molecule has 0 radical (unpaired) electrons. The molecule has 1 fully saturated rings. The zero-order valence-corrected chi connectivity index (χ0v) is 16.1. The quantitative estimate of drug-likeness (QED) is 0.854. The summed E-state index contributed by atoms with van der Waals surface area (Å²) < 4.78 is 32.0. The van der Waals surface area contributed by atoms with Crippen LogP contribution in [0.4, 0.5) is 5.82 Å². The summed E-state index contributed by atoms with van der Waals surface area (Å²) >= 11 is 0. The van der Waals surface area contributed by atoms with Gasteiger partial charge in [0.05, 0.1) is 13.2 Å². The smallest absolute Gasteiger partial charge is 0.244 e. The summed E-state index contributed by atoms with van der Waals surface area (Å²) in [5.74, 6) is 1.17. The van der Waals surface area contributed by atoms with Crippen molar-refractivity contribution in [3.05, 3.63) is 53.7 Å². The Morgan fingerprint density at radius 1 is 1.15 bits per heavy atom. The minimum absolute atomic E-state index is 0.234. The molecule has 144 valence electrons. The zero-order valence-electron chi connectivity index (χ0n) is 15.3. The van der Waals surface area contributed by atoms with Gasteiger partial charge in [0.1, 0.15) is 10.7 Å². The Bertz CT molecular complexity index is 878. The number of anilines is 1. The highest BCUT2D eigenvalue weighted by molar-refractivity contribution is 7.89. The number of hydrogen-bond donors (Lipinski definition) is 1. The molecule has 0 spiro atoms. The molecule has 1 aromatic heterocycles. The number of fused-ring (bicyclic) bond motifs is 1. The number of aryl methyl sites for hydroxylation is 1. The first-order valence-electron chi connectivity index (χ1n) is 9.50. The fourth-order valence-corrected chi connectivity index (χ4v) is 5.22. The first kappa shape index (κ1) is 18.4. The molecule has 2 aliphatic rings. The van der Waals surface area contributed by atoms with Gasteiger partial charge in [0, 0.05) is 31.7 Å². The maximum atomic E-state index is 12.7. The Morgan fingerprint density at radius 3 is 2.74 bits per heavy atom. The molecule has 2 heterocycles. The van der Waals surface area contributed by atoms with Crippen LogP contribution < -0.4 is 5.32 Å². The van der Waals surface area contributed by atoms with E-state index >= 15 is 0 Å². The predicted octanol–water partition coefficient (Wildman–Crippen LogP) is 2.63. The van der Waals surface area contributed by atoms with Crippen LogP contribution in [0.5, 0.6) is 0 Å². The third kappa shape index (κ3) is 4.00. The van der Waals surface area contributed by atoms with Crippen LogP contribution in [0.3, 0.4) is 0 Å². The van der Waals surface area contributed by atoms with E-state index in [0.717, 1.165) is 19.4 Å². The second kappa shape index (κ2) is 7.96. The minimum Gasteiger partial charge on any atom is -0.379 e. The van der Waals surface area contributed by atoms with E-state index in [4.69, 9.17) is 4.74 Å². The highest BCUT2D eigenvalue weighted by Crippen LogP contribution is 2.31. The van der Waals surface area contributed by atoms with Crippen molar-refractivity contribution in [2.45, 2.75) is 30.1 Å². The summed E-state index contributed by atoms with van der Waals surface area (Å²) in [7, 11) is -3.49. The summed E-state index contributed by atoms with van der Waals surface area (Å²) in [6.07, 6.45) is 4.96. The van der Waals surface area contributed by atoms with Gasteiger partial charge in [-0.05, 0) is 42.5 Å². The normalized spacial score (nSPS) is 20.8. The van der Waals surface area contributed by atoms with Crippen molar-refractivity contribution < 1.29 is 13.2 Å². The molecule has 1 atom stereocenters. The molecule has 1 aliphatic heterocycles. The Hall–Kier alpha value is -1.96. The van der Waals surface area contributed by atoms with E-state index in [2.05, 4.69) is 34.6 Å². The largest absolute Gasteiger partial charge is 0.379 e. The van der Waals surface area contributed by atoms with Crippen molar-refractivity contribution in [3.8, 4) is 0 Å². The summed E-state index contributed by atoms with van der Waals surface area (Å²) in [6.45, 7) is 2.47. The van der Waals surface area contributed by atoms with E-state index in [1.54, 1.807) is 12.1 Å². The first-order chi connectivity index (χ1) is 13.1. The third-order valence-electron chi connectivity index (χ3n) is 5.37. The lowest BCUT2D eigenvalue weighted by Gasteiger charge is -2.26. The van der Waals surface area contributed by atoms with Crippen molar-refractivity contribution in [1.82, 2.24) is 9.29 Å². The van der Waals surface area contributed by atoms with Crippen LogP contribution in [-0.4, -0.2) is 50.6 Å².